The van der Waals surface area contributed by atoms with Gasteiger partial charge in [0.1, 0.15) is 0 Å². The number of hydrogen-bond donors (Lipinski definition) is 1. The SMILES string of the molecule is O=S(=O)(/C=C/c1ccc2c(c1)CCN2)c1ccccc1. The Morgan fingerprint density at radius 2 is 1.85 bits per heavy atom. The van der Waals surface area contributed by atoms with Crippen LogP contribution in [0, 0.1) is 0 Å². The molecular formula is C16H15NO2S. The summed E-state index contributed by atoms with van der Waals surface area (Å²) in [5.41, 5.74) is 3.30. The van der Waals surface area contributed by atoms with E-state index in [-0.39, 0.29) is 0 Å². The van der Waals surface area contributed by atoms with Crippen LogP contribution in [0.25, 0.3) is 6.08 Å². The summed E-state index contributed by atoms with van der Waals surface area (Å²) < 4.78 is 24.3. The minimum Gasteiger partial charge on any atom is -0.384 e. The van der Waals surface area contributed by atoms with Crippen molar-refractivity contribution in [3.8, 4) is 0 Å². The molecule has 1 heterocycles. The van der Waals surface area contributed by atoms with Gasteiger partial charge in [0.2, 0.25) is 0 Å². The van der Waals surface area contributed by atoms with Crippen LogP contribution in [0.15, 0.2) is 58.8 Å². The maximum Gasteiger partial charge on any atom is 0.199 e. The summed E-state index contributed by atoms with van der Waals surface area (Å²) in [5.74, 6) is 0. The Morgan fingerprint density at radius 1 is 1.05 bits per heavy atom. The third-order valence-electron chi connectivity index (χ3n) is 3.35. The minimum atomic E-state index is -3.37. The van der Waals surface area contributed by atoms with Crippen LogP contribution >= 0.6 is 0 Å². The van der Waals surface area contributed by atoms with Gasteiger partial charge in [-0.15, -0.1) is 0 Å². The van der Waals surface area contributed by atoms with Crippen LogP contribution in [0.1, 0.15) is 11.1 Å². The molecule has 20 heavy (non-hydrogen) atoms. The fourth-order valence-electron chi connectivity index (χ4n) is 2.29. The van der Waals surface area contributed by atoms with Gasteiger partial charge in [0.25, 0.3) is 0 Å². The van der Waals surface area contributed by atoms with Gasteiger partial charge in [-0.2, -0.15) is 0 Å². The lowest BCUT2D eigenvalue weighted by atomic mass is 10.1. The zero-order valence-electron chi connectivity index (χ0n) is 10.9. The first kappa shape index (κ1) is 12.9. The third kappa shape index (κ3) is 2.60. The number of fused-ring (bicyclic) bond motifs is 1. The predicted octanol–water partition coefficient (Wildman–Crippen LogP) is 3.10. The molecule has 0 bridgehead atoms. The highest BCUT2D eigenvalue weighted by Gasteiger charge is 2.11. The Kier molecular flexibility index (Phi) is 3.32. The predicted molar refractivity (Wildman–Crippen MR) is 81.3 cm³/mol. The first-order chi connectivity index (χ1) is 9.65. The van der Waals surface area contributed by atoms with Gasteiger partial charge in [-0.3, -0.25) is 0 Å². The highest BCUT2D eigenvalue weighted by molar-refractivity contribution is 7.94. The first-order valence-electron chi connectivity index (χ1n) is 6.50. The quantitative estimate of drug-likeness (QED) is 0.942. The molecule has 102 valence electrons. The van der Waals surface area contributed by atoms with Crippen LogP contribution in [0.5, 0.6) is 0 Å². The van der Waals surface area contributed by atoms with Crippen molar-refractivity contribution in [2.45, 2.75) is 11.3 Å². The van der Waals surface area contributed by atoms with E-state index in [2.05, 4.69) is 5.32 Å². The zero-order chi connectivity index (χ0) is 14.0. The van der Waals surface area contributed by atoms with Gasteiger partial charge in [0.05, 0.1) is 4.90 Å². The Hall–Kier alpha value is -2.07. The molecule has 0 aromatic heterocycles. The van der Waals surface area contributed by atoms with Crippen LogP contribution in [0.4, 0.5) is 5.69 Å². The highest BCUT2D eigenvalue weighted by Crippen LogP contribution is 2.24. The van der Waals surface area contributed by atoms with Gasteiger partial charge in [-0.25, -0.2) is 8.42 Å². The summed E-state index contributed by atoms with van der Waals surface area (Å²) >= 11 is 0. The van der Waals surface area contributed by atoms with E-state index in [1.165, 1.54) is 11.0 Å². The van der Waals surface area contributed by atoms with Gasteiger partial charge in [0.15, 0.2) is 9.84 Å². The molecule has 0 saturated heterocycles. The highest BCUT2D eigenvalue weighted by atomic mass is 32.2. The number of sulfone groups is 1. The summed E-state index contributed by atoms with van der Waals surface area (Å²) in [6, 6.07) is 14.4. The number of rotatable bonds is 3. The van der Waals surface area contributed by atoms with Crippen LogP contribution in [-0.2, 0) is 16.3 Å². The van der Waals surface area contributed by atoms with Gasteiger partial charge in [-0.05, 0) is 47.9 Å². The lowest BCUT2D eigenvalue weighted by Crippen LogP contribution is -1.95. The minimum absolute atomic E-state index is 0.319. The van der Waals surface area contributed by atoms with Crippen molar-refractivity contribution in [2.75, 3.05) is 11.9 Å². The molecule has 0 saturated carbocycles. The Morgan fingerprint density at radius 3 is 2.65 bits per heavy atom. The Labute approximate surface area is 118 Å². The average molecular weight is 285 g/mol. The molecule has 1 aliphatic heterocycles. The molecular weight excluding hydrogens is 270 g/mol. The summed E-state index contributed by atoms with van der Waals surface area (Å²) in [4.78, 5) is 0.319. The molecule has 1 N–H and O–H groups in total. The largest absolute Gasteiger partial charge is 0.384 e. The topological polar surface area (TPSA) is 46.2 Å². The van der Waals surface area contributed by atoms with Crippen molar-refractivity contribution in [2.24, 2.45) is 0 Å². The van der Waals surface area contributed by atoms with Crippen molar-refractivity contribution in [1.82, 2.24) is 0 Å². The van der Waals surface area contributed by atoms with Gasteiger partial charge in [-0.1, -0.05) is 24.3 Å². The van der Waals surface area contributed by atoms with Gasteiger partial charge in [0, 0.05) is 17.6 Å². The number of anilines is 1. The van der Waals surface area contributed by atoms with Gasteiger partial charge < -0.3 is 5.32 Å². The van der Waals surface area contributed by atoms with E-state index in [1.54, 1.807) is 36.4 Å². The zero-order valence-corrected chi connectivity index (χ0v) is 11.7. The van der Waals surface area contributed by atoms with E-state index < -0.39 is 9.84 Å². The number of benzene rings is 2. The van der Waals surface area contributed by atoms with Crippen LogP contribution in [0.2, 0.25) is 0 Å². The average Bonchev–Trinajstić information content (AvgIpc) is 2.94. The molecule has 0 fully saturated rings. The first-order valence-corrected chi connectivity index (χ1v) is 8.05. The van der Waals surface area contributed by atoms with Crippen molar-refractivity contribution in [3.63, 3.8) is 0 Å². The monoisotopic (exact) mass is 285 g/mol. The summed E-state index contributed by atoms with van der Waals surface area (Å²) in [6.07, 6.45) is 2.64. The molecule has 3 nitrogen and oxygen atoms in total. The maximum absolute atomic E-state index is 12.1. The molecule has 2 aromatic rings. The summed E-state index contributed by atoms with van der Waals surface area (Å²) in [7, 11) is -3.37. The van der Waals surface area contributed by atoms with E-state index >= 15 is 0 Å². The fourth-order valence-corrected chi connectivity index (χ4v) is 3.32. The Bertz CT molecular complexity index is 749. The molecule has 2 aromatic carbocycles. The van der Waals surface area contributed by atoms with E-state index in [0.717, 1.165) is 24.2 Å². The Balaban J connectivity index is 1.87. The van der Waals surface area contributed by atoms with Crippen molar-refractivity contribution < 1.29 is 8.42 Å². The standard InChI is InChI=1S/C16H15NO2S/c18-20(19,15-4-2-1-3-5-15)11-9-13-6-7-16-14(12-13)8-10-17-16/h1-7,9,11-12,17H,8,10H2/b11-9+. The second kappa shape index (κ2) is 5.13. The molecule has 0 atom stereocenters. The number of nitrogens with one attached hydrogen (secondary N) is 1. The van der Waals surface area contributed by atoms with Crippen LogP contribution in [-0.4, -0.2) is 15.0 Å². The second-order valence-electron chi connectivity index (χ2n) is 4.75. The second-order valence-corrected chi connectivity index (χ2v) is 6.59. The van der Waals surface area contributed by atoms with E-state index in [0.29, 0.717) is 4.90 Å². The molecule has 0 spiro atoms. The van der Waals surface area contributed by atoms with E-state index in [9.17, 15) is 8.42 Å². The van der Waals surface area contributed by atoms with Crippen molar-refractivity contribution in [1.29, 1.82) is 0 Å². The summed E-state index contributed by atoms with van der Waals surface area (Å²) in [6.45, 7) is 0.949. The van der Waals surface area contributed by atoms with Crippen LogP contribution in [0.3, 0.4) is 0 Å². The molecule has 1 aliphatic rings. The molecule has 0 aliphatic carbocycles. The molecule has 4 heteroatoms. The molecule has 3 rings (SSSR count). The summed E-state index contributed by atoms with van der Waals surface area (Å²) in [5, 5.41) is 4.55. The van der Waals surface area contributed by atoms with Crippen molar-refractivity contribution >= 4 is 21.6 Å². The molecule has 0 unspecified atom stereocenters. The third-order valence-corrected chi connectivity index (χ3v) is 4.77. The number of hydrogen-bond acceptors (Lipinski definition) is 3. The maximum atomic E-state index is 12.1. The molecule has 0 radical (unpaired) electrons. The van der Waals surface area contributed by atoms with Crippen LogP contribution < -0.4 is 5.32 Å². The smallest absolute Gasteiger partial charge is 0.199 e. The van der Waals surface area contributed by atoms with E-state index in [4.69, 9.17) is 0 Å². The normalized spacial score (nSPS) is 14.2. The van der Waals surface area contributed by atoms with Gasteiger partial charge >= 0.3 is 0 Å². The molecule has 0 amide bonds. The lowest BCUT2D eigenvalue weighted by molar-refractivity contribution is 0.605. The lowest BCUT2D eigenvalue weighted by Gasteiger charge is -2.01. The van der Waals surface area contributed by atoms with Crippen molar-refractivity contribution in [3.05, 3.63) is 65.1 Å². The van der Waals surface area contributed by atoms with E-state index in [1.807, 2.05) is 18.2 Å². The fraction of sp³-hybridized carbons (Fsp3) is 0.125.